The molecule has 0 unspecified atom stereocenters. The minimum atomic E-state index is -0.576. The van der Waals surface area contributed by atoms with Gasteiger partial charge >= 0.3 is 0 Å². The Labute approximate surface area is 418 Å². The van der Waals surface area contributed by atoms with Crippen molar-refractivity contribution in [1.82, 2.24) is 19.8 Å². The quantitative estimate of drug-likeness (QED) is 0.0954. The van der Waals surface area contributed by atoms with E-state index >= 15 is 4.39 Å². The molecule has 2 atom stereocenters. The number of halogens is 3. The number of nitrogens with two attached hydrogens (primary N) is 1. The summed E-state index contributed by atoms with van der Waals surface area (Å²) in [5.41, 5.74) is 11.4. The van der Waals surface area contributed by atoms with Crippen molar-refractivity contribution in [3.8, 4) is 56.4 Å². The van der Waals surface area contributed by atoms with Gasteiger partial charge in [0.25, 0.3) is 0 Å². The van der Waals surface area contributed by atoms with Gasteiger partial charge in [-0.3, -0.25) is 0 Å². The minimum absolute atomic E-state index is 0.00694. The molecule has 12 nitrogen and oxygen atoms in total. The van der Waals surface area contributed by atoms with Crippen molar-refractivity contribution < 1.29 is 36.6 Å². The van der Waals surface area contributed by atoms with Crippen molar-refractivity contribution in [1.29, 1.82) is 0 Å². The standard InChI is InChI=1S/C28H30FN3O3.C23H20ClFN2O2.C5H11NO/c1-32(2)14-16-34-21-12-10-20(11-13-21)27-24(19-7-4-3-5-8-19)25-26(23(29)18-31-28(25)35-27)30-17-22-9-6-15-33-22;1-27(2)12-13-28-17-10-8-16(9-11-17)22-19(15-6-4-3-5-7-15)20-21(24)18(25)14-26-23(20)29-22;6-4-5-2-1-3-7-5/h3-5,7-8,10-13,18,22H,6,9,14-17H2,1-2H3,(H,30,31);3-11,14H,12-13H2,1-2H3;5H,1-4,6H2/t22-;;5-/m0.0/s1. The molecule has 0 amide bonds. The SMILES string of the molecule is CN(C)CCOc1ccc(-c2oc3ncc(F)c(Cl)c3c2-c2ccccc2)cc1.CN(C)CCOc1ccc(-c2oc3ncc(F)c(NC[C@@H]4CCCO4)c3c2-c2ccccc2)cc1.NC[C@@H]1CCCO1. The Bertz CT molecular complexity index is 2920. The molecule has 372 valence electrons. The summed E-state index contributed by atoms with van der Waals surface area (Å²) in [6, 6.07) is 34.9. The number of furan rings is 2. The summed E-state index contributed by atoms with van der Waals surface area (Å²) in [5, 5.41) is 4.40. The molecule has 3 N–H and O–H groups in total. The summed E-state index contributed by atoms with van der Waals surface area (Å²) in [6.07, 6.45) is 7.09. The van der Waals surface area contributed by atoms with Crippen LogP contribution in [0.2, 0.25) is 5.02 Å². The number of pyridine rings is 2. The van der Waals surface area contributed by atoms with E-state index in [0.717, 1.165) is 96.6 Å². The average molecular weight is 988 g/mol. The molecule has 6 heterocycles. The Morgan fingerprint density at radius 1 is 0.620 bits per heavy atom. The zero-order valence-electron chi connectivity index (χ0n) is 40.6. The number of rotatable bonds is 16. The van der Waals surface area contributed by atoms with Crippen LogP contribution in [-0.2, 0) is 9.47 Å². The van der Waals surface area contributed by atoms with Gasteiger partial charge in [-0.2, -0.15) is 0 Å². The average Bonchev–Trinajstić information content (AvgIpc) is 4.24. The van der Waals surface area contributed by atoms with Crippen LogP contribution >= 0.6 is 11.6 Å². The lowest BCUT2D eigenvalue weighted by Gasteiger charge is -2.14. The molecule has 2 aliphatic rings. The van der Waals surface area contributed by atoms with Crippen LogP contribution in [0.15, 0.2) is 130 Å². The fraction of sp³-hybridized carbons (Fsp3) is 0.321. The lowest BCUT2D eigenvalue weighted by Crippen LogP contribution is -2.19. The summed E-state index contributed by atoms with van der Waals surface area (Å²) < 4.78 is 64.0. The van der Waals surface area contributed by atoms with Crippen LogP contribution in [0.25, 0.3) is 67.1 Å². The third-order valence-electron chi connectivity index (χ3n) is 12.1. The molecule has 0 radical (unpaired) electrons. The topological polar surface area (TPSA) is 134 Å². The van der Waals surface area contributed by atoms with Gasteiger partial charge in [0.1, 0.15) is 36.2 Å². The van der Waals surface area contributed by atoms with Crippen LogP contribution in [0.5, 0.6) is 11.5 Å². The highest BCUT2D eigenvalue weighted by Gasteiger charge is 2.26. The molecule has 4 aromatic heterocycles. The highest BCUT2D eigenvalue weighted by atomic mass is 35.5. The first kappa shape index (κ1) is 51.0. The van der Waals surface area contributed by atoms with E-state index in [-0.39, 0.29) is 11.1 Å². The second kappa shape index (κ2) is 24.6. The largest absolute Gasteiger partial charge is 0.492 e. The lowest BCUT2D eigenvalue weighted by molar-refractivity contribution is 0.117. The zero-order chi connectivity index (χ0) is 49.7. The molecule has 0 aliphatic carbocycles. The number of nitrogens with one attached hydrogen (secondary N) is 1. The molecule has 8 aromatic rings. The van der Waals surface area contributed by atoms with Crippen molar-refractivity contribution in [3.63, 3.8) is 0 Å². The first-order valence-corrected chi connectivity index (χ1v) is 24.4. The number of hydrogen-bond acceptors (Lipinski definition) is 12. The first-order chi connectivity index (χ1) is 34.6. The highest BCUT2D eigenvalue weighted by molar-refractivity contribution is 6.36. The maximum Gasteiger partial charge on any atom is 0.229 e. The van der Waals surface area contributed by atoms with Crippen molar-refractivity contribution in [2.24, 2.45) is 5.73 Å². The van der Waals surface area contributed by atoms with Gasteiger partial charge in [-0.1, -0.05) is 72.3 Å². The third kappa shape index (κ3) is 12.9. The Hall–Kier alpha value is -6.39. The van der Waals surface area contributed by atoms with Crippen LogP contribution < -0.4 is 20.5 Å². The maximum atomic E-state index is 15.1. The van der Waals surface area contributed by atoms with E-state index < -0.39 is 11.6 Å². The predicted octanol–water partition coefficient (Wildman–Crippen LogP) is 11.9. The van der Waals surface area contributed by atoms with Gasteiger partial charge in [-0.05, 0) is 114 Å². The van der Waals surface area contributed by atoms with Crippen LogP contribution in [0.3, 0.4) is 0 Å². The van der Waals surface area contributed by atoms with Gasteiger partial charge in [-0.25, -0.2) is 18.7 Å². The lowest BCUT2D eigenvalue weighted by atomic mass is 9.98. The van der Waals surface area contributed by atoms with Crippen LogP contribution in [0, 0.1) is 11.6 Å². The summed E-state index contributed by atoms with van der Waals surface area (Å²) in [6.45, 7) is 5.77. The fourth-order valence-corrected chi connectivity index (χ4v) is 8.56. The Kier molecular flexibility index (Phi) is 17.7. The van der Waals surface area contributed by atoms with Gasteiger partial charge in [-0.15, -0.1) is 0 Å². The van der Waals surface area contributed by atoms with Crippen LogP contribution in [-0.4, -0.2) is 113 Å². The molecule has 15 heteroatoms. The van der Waals surface area contributed by atoms with Crippen molar-refractivity contribution in [3.05, 3.63) is 138 Å². The second-order valence-corrected chi connectivity index (χ2v) is 18.2. The van der Waals surface area contributed by atoms with E-state index in [2.05, 4.69) is 25.1 Å². The van der Waals surface area contributed by atoms with Crippen LogP contribution in [0.4, 0.5) is 14.5 Å². The van der Waals surface area contributed by atoms with Crippen molar-refractivity contribution in [2.75, 3.05) is 86.1 Å². The summed E-state index contributed by atoms with van der Waals surface area (Å²) >= 11 is 6.29. The highest BCUT2D eigenvalue weighted by Crippen LogP contribution is 2.45. The molecule has 0 bridgehead atoms. The number of hydrogen-bond donors (Lipinski definition) is 2. The first-order valence-electron chi connectivity index (χ1n) is 24.0. The van der Waals surface area contributed by atoms with Crippen LogP contribution in [0.1, 0.15) is 25.7 Å². The summed E-state index contributed by atoms with van der Waals surface area (Å²) in [7, 11) is 8.03. The van der Waals surface area contributed by atoms with Gasteiger partial charge in [0.15, 0.2) is 11.6 Å². The monoisotopic (exact) mass is 986 g/mol. The van der Waals surface area contributed by atoms with E-state index in [1.807, 2.05) is 137 Å². The van der Waals surface area contributed by atoms with Crippen molar-refractivity contribution in [2.45, 2.75) is 37.9 Å². The molecule has 2 aliphatic heterocycles. The molecular weight excluding hydrogens is 926 g/mol. The van der Waals surface area contributed by atoms with Gasteiger partial charge < -0.3 is 48.6 Å². The maximum absolute atomic E-state index is 15.1. The molecule has 10 rings (SSSR count). The van der Waals surface area contributed by atoms with Crippen molar-refractivity contribution >= 4 is 39.5 Å². The number of fused-ring (bicyclic) bond motifs is 2. The number of likely N-dealkylation sites (N-methyl/N-ethyl adjacent to an activating group) is 2. The fourth-order valence-electron chi connectivity index (χ4n) is 8.33. The Morgan fingerprint density at radius 3 is 1.54 bits per heavy atom. The van der Waals surface area contributed by atoms with Gasteiger partial charge in [0, 0.05) is 61.6 Å². The van der Waals surface area contributed by atoms with E-state index in [1.54, 1.807) is 0 Å². The van der Waals surface area contributed by atoms with E-state index in [1.165, 1.54) is 12.6 Å². The molecule has 2 fully saturated rings. The van der Waals surface area contributed by atoms with Gasteiger partial charge in [0.2, 0.25) is 11.4 Å². The molecule has 71 heavy (non-hydrogen) atoms. The molecule has 2 saturated heterocycles. The number of anilines is 1. The molecule has 0 spiro atoms. The zero-order valence-corrected chi connectivity index (χ0v) is 41.4. The smallest absolute Gasteiger partial charge is 0.229 e. The number of nitrogens with zero attached hydrogens (tertiary/aromatic N) is 4. The minimum Gasteiger partial charge on any atom is -0.492 e. The number of ether oxygens (including phenoxy) is 4. The number of benzene rings is 4. The van der Waals surface area contributed by atoms with Gasteiger partial charge in [0.05, 0.1) is 46.1 Å². The summed E-state index contributed by atoms with van der Waals surface area (Å²) in [4.78, 5) is 12.5. The molecule has 4 aromatic carbocycles. The number of aromatic nitrogens is 2. The second-order valence-electron chi connectivity index (χ2n) is 17.8. The third-order valence-corrected chi connectivity index (χ3v) is 12.4. The van der Waals surface area contributed by atoms with E-state index in [9.17, 15) is 4.39 Å². The van der Waals surface area contributed by atoms with E-state index in [4.69, 9.17) is 45.1 Å². The molecule has 0 saturated carbocycles. The predicted molar refractivity (Wildman–Crippen MR) is 278 cm³/mol. The Balaban J connectivity index is 0.000000169. The molecular formula is C56H61ClF2N6O6. The van der Waals surface area contributed by atoms with E-state index in [0.29, 0.717) is 71.8 Å². The summed E-state index contributed by atoms with van der Waals surface area (Å²) in [5.74, 6) is 1.81. The normalized spacial score (nSPS) is 15.5. The Morgan fingerprint density at radius 2 is 1.08 bits per heavy atom.